The monoisotopic (exact) mass is 342 g/mol. The molecule has 120 valence electrons. The Bertz CT molecular complexity index is 1040. The molecule has 0 saturated carbocycles. The quantitative estimate of drug-likeness (QED) is 0.513. The predicted octanol–water partition coefficient (Wildman–Crippen LogP) is 4.10. The topological polar surface area (TPSA) is 79.9 Å². The third-order valence-corrected chi connectivity index (χ3v) is 4.12. The molecule has 0 aliphatic heterocycles. The van der Waals surface area contributed by atoms with Gasteiger partial charge in [-0.05, 0) is 30.3 Å². The number of nitrogens with one attached hydrogen (secondary N) is 1. The van der Waals surface area contributed by atoms with Crippen LogP contribution in [-0.4, -0.2) is 19.6 Å². The zero-order valence-electron chi connectivity index (χ0n) is 12.3. The van der Waals surface area contributed by atoms with Gasteiger partial charge in [-0.25, -0.2) is 9.37 Å². The van der Waals surface area contributed by atoms with Crippen molar-refractivity contribution in [1.82, 2.24) is 14.5 Å². The second-order valence-corrected chi connectivity index (χ2v) is 5.75. The van der Waals surface area contributed by atoms with Gasteiger partial charge in [0.25, 0.3) is 0 Å². The van der Waals surface area contributed by atoms with Gasteiger partial charge in [-0.2, -0.15) is 0 Å². The number of nitrogens with zero attached hydrogens (tertiary/aromatic N) is 2. The fraction of sp³-hybridized carbons (Fsp3) is 0. The summed E-state index contributed by atoms with van der Waals surface area (Å²) in [4.78, 5) is 7.58. The van der Waals surface area contributed by atoms with Crippen LogP contribution in [0.25, 0.3) is 28.1 Å². The Hall–Kier alpha value is -2.99. The summed E-state index contributed by atoms with van der Waals surface area (Å²) in [5.74, 6) is 0.173. The van der Waals surface area contributed by atoms with Gasteiger partial charge in [0.1, 0.15) is 28.8 Å². The SMILES string of the molecule is Nc1c(-c2nc3ccccc3[nH]2)c(O)cn1-c1ccc(F)c(Cl)c1. The lowest BCUT2D eigenvalue weighted by Crippen LogP contribution is -2.00. The first-order valence-electron chi connectivity index (χ1n) is 7.15. The normalized spacial score (nSPS) is 11.2. The van der Waals surface area contributed by atoms with Crippen LogP contribution >= 0.6 is 11.6 Å². The fourth-order valence-electron chi connectivity index (χ4n) is 2.67. The van der Waals surface area contributed by atoms with Crippen molar-refractivity contribution in [3.05, 3.63) is 59.5 Å². The molecule has 0 spiro atoms. The molecule has 24 heavy (non-hydrogen) atoms. The first-order chi connectivity index (χ1) is 11.5. The van der Waals surface area contributed by atoms with Gasteiger partial charge in [0, 0.05) is 5.69 Å². The van der Waals surface area contributed by atoms with E-state index in [4.69, 9.17) is 17.3 Å². The van der Waals surface area contributed by atoms with E-state index in [1.165, 1.54) is 29.0 Å². The molecule has 2 heterocycles. The van der Waals surface area contributed by atoms with Gasteiger partial charge >= 0.3 is 0 Å². The number of imidazole rings is 1. The number of para-hydroxylation sites is 2. The van der Waals surface area contributed by atoms with Crippen LogP contribution in [0.4, 0.5) is 10.2 Å². The van der Waals surface area contributed by atoms with Crippen LogP contribution in [-0.2, 0) is 0 Å². The number of aromatic amines is 1. The Morgan fingerprint density at radius 1 is 1.21 bits per heavy atom. The van der Waals surface area contributed by atoms with Gasteiger partial charge < -0.3 is 15.8 Å². The van der Waals surface area contributed by atoms with Crippen molar-refractivity contribution >= 4 is 28.5 Å². The molecule has 2 aromatic heterocycles. The summed E-state index contributed by atoms with van der Waals surface area (Å²) in [6.07, 6.45) is 1.45. The third-order valence-electron chi connectivity index (χ3n) is 3.83. The maximum atomic E-state index is 13.3. The molecular weight excluding hydrogens is 331 g/mol. The maximum absolute atomic E-state index is 13.3. The van der Waals surface area contributed by atoms with Crippen molar-refractivity contribution < 1.29 is 9.50 Å². The number of halogens is 2. The standard InChI is InChI=1S/C17H12ClFN4O/c18-10-7-9(5-6-11(10)19)23-8-14(24)15(16(23)20)17-21-12-3-1-2-4-13(12)22-17/h1-8,24H,20H2,(H,21,22). The van der Waals surface area contributed by atoms with Gasteiger partial charge in [0.2, 0.25) is 0 Å². The number of benzene rings is 2. The van der Waals surface area contributed by atoms with Crippen molar-refractivity contribution in [1.29, 1.82) is 0 Å². The molecule has 2 aromatic carbocycles. The van der Waals surface area contributed by atoms with E-state index in [1.807, 2.05) is 24.3 Å². The largest absolute Gasteiger partial charge is 0.505 e. The van der Waals surface area contributed by atoms with Crippen molar-refractivity contribution in [2.45, 2.75) is 0 Å². The average Bonchev–Trinajstić information content (AvgIpc) is 3.10. The van der Waals surface area contributed by atoms with Crippen LogP contribution in [0.1, 0.15) is 0 Å². The van der Waals surface area contributed by atoms with Gasteiger partial charge in [-0.15, -0.1) is 0 Å². The molecular formula is C17H12ClFN4O. The minimum Gasteiger partial charge on any atom is -0.505 e. The molecule has 4 rings (SSSR count). The summed E-state index contributed by atoms with van der Waals surface area (Å²) < 4.78 is 14.9. The minimum absolute atomic E-state index is 0.0228. The van der Waals surface area contributed by atoms with E-state index in [0.29, 0.717) is 17.1 Å². The lowest BCUT2D eigenvalue weighted by atomic mass is 10.2. The number of hydrogen-bond donors (Lipinski definition) is 3. The average molecular weight is 343 g/mol. The van der Waals surface area contributed by atoms with Crippen molar-refractivity contribution in [2.24, 2.45) is 0 Å². The van der Waals surface area contributed by atoms with E-state index in [9.17, 15) is 9.50 Å². The molecule has 0 radical (unpaired) electrons. The number of fused-ring (bicyclic) bond motifs is 1. The third kappa shape index (κ3) is 2.19. The number of aromatic nitrogens is 3. The highest BCUT2D eigenvalue weighted by molar-refractivity contribution is 6.30. The second-order valence-electron chi connectivity index (χ2n) is 5.35. The van der Waals surface area contributed by atoms with Crippen LogP contribution in [0.3, 0.4) is 0 Å². The smallest absolute Gasteiger partial charge is 0.146 e. The van der Waals surface area contributed by atoms with E-state index in [-0.39, 0.29) is 16.6 Å². The molecule has 4 aromatic rings. The molecule has 0 aliphatic rings. The molecule has 0 bridgehead atoms. The first-order valence-corrected chi connectivity index (χ1v) is 7.52. The Labute approximate surface area is 141 Å². The van der Waals surface area contributed by atoms with E-state index in [2.05, 4.69) is 9.97 Å². The first kappa shape index (κ1) is 14.6. The van der Waals surface area contributed by atoms with Crippen LogP contribution in [0.5, 0.6) is 5.75 Å². The second kappa shape index (κ2) is 5.28. The van der Waals surface area contributed by atoms with Gasteiger partial charge in [-0.1, -0.05) is 23.7 Å². The number of nitrogens with two attached hydrogens (primary N) is 1. The van der Waals surface area contributed by atoms with Gasteiger partial charge in [0.05, 0.1) is 22.3 Å². The predicted molar refractivity (Wildman–Crippen MR) is 91.9 cm³/mol. The summed E-state index contributed by atoms with van der Waals surface area (Å²) in [6.45, 7) is 0. The number of anilines is 1. The Kier molecular flexibility index (Phi) is 3.21. The minimum atomic E-state index is -0.520. The summed E-state index contributed by atoms with van der Waals surface area (Å²) in [6, 6.07) is 11.7. The van der Waals surface area contributed by atoms with Crippen LogP contribution in [0, 0.1) is 5.82 Å². The van der Waals surface area contributed by atoms with Gasteiger partial charge in [-0.3, -0.25) is 4.57 Å². The fourth-order valence-corrected chi connectivity index (χ4v) is 2.85. The Balaban J connectivity index is 1.88. The lowest BCUT2D eigenvalue weighted by molar-refractivity contribution is 0.477. The van der Waals surface area contributed by atoms with E-state index in [0.717, 1.165) is 11.0 Å². The zero-order chi connectivity index (χ0) is 16.8. The van der Waals surface area contributed by atoms with Gasteiger partial charge in [0.15, 0.2) is 0 Å². The molecule has 0 aliphatic carbocycles. The number of aromatic hydroxyl groups is 1. The number of nitrogen functional groups attached to an aromatic ring is 1. The van der Waals surface area contributed by atoms with E-state index in [1.54, 1.807) is 0 Å². The summed E-state index contributed by atoms with van der Waals surface area (Å²) in [5.41, 5.74) is 8.71. The van der Waals surface area contributed by atoms with Crippen molar-refractivity contribution in [3.63, 3.8) is 0 Å². The van der Waals surface area contributed by atoms with Crippen molar-refractivity contribution in [2.75, 3.05) is 5.73 Å². The Morgan fingerprint density at radius 2 is 2.00 bits per heavy atom. The molecule has 7 heteroatoms. The molecule has 4 N–H and O–H groups in total. The Morgan fingerprint density at radius 3 is 2.75 bits per heavy atom. The molecule has 0 atom stereocenters. The highest BCUT2D eigenvalue weighted by atomic mass is 35.5. The number of H-pyrrole nitrogens is 1. The molecule has 5 nitrogen and oxygen atoms in total. The lowest BCUT2D eigenvalue weighted by Gasteiger charge is -2.07. The summed E-state index contributed by atoms with van der Waals surface area (Å²) in [7, 11) is 0. The molecule has 0 amide bonds. The number of rotatable bonds is 2. The van der Waals surface area contributed by atoms with Crippen LogP contribution in [0.15, 0.2) is 48.7 Å². The van der Waals surface area contributed by atoms with E-state index >= 15 is 0 Å². The summed E-state index contributed by atoms with van der Waals surface area (Å²) in [5, 5.41) is 10.3. The number of hydrogen-bond acceptors (Lipinski definition) is 3. The molecule has 0 saturated heterocycles. The summed E-state index contributed by atoms with van der Waals surface area (Å²) >= 11 is 5.82. The van der Waals surface area contributed by atoms with Crippen molar-refractivity contribution in [3.8, 4) is 22.8 Å². The zero-order valence-corrected chi connectivity index (χ0v) is 13.0. The highest BCUT2D eigenvalue weighted by Gasteiger charge is 2.19. The van der Waals surface area contributed by atoms with Crippen LogP contribution < -0.4 is 5.73 Å². The van der Waals surface area contributed by atoms with E-state index < -0.39 is 5.82 Å². The molecule has 0 fully saturated rings. The molecule has 0 unspecified atom stereocenters. The highest BCUT2D eigenvalue weighted by Crippen LogP contribution is 2.37. The van der Waals surface area contributed by atoms with Crippen LogP contribution in [0.2, 0.25) is 5.02 Å². The maximum Gasteiger partial charge on any atom is 0.146 e.